The topological polar surface area (TPSA) is 86.9 Å². The van der Waals surface area contributed by atoms with Crippen molar-refractivity contribution in [2.45, 2.75) is 46.1 Å². The Labute approximate surface area is 155 Å². The number of para-hydroxylation sites is 1. The molecule has 0 aliphatic carbocycles. The Hall–Kier alpha value is -2.15. The van der Waals surface area contributed by atoms with Crippen molar-refractivity contribution in [2.24, 2.45) is 0 Å². The fourth-order valence-electron chi connectivity index (χ4n) is 2.25. The molecule has 1 aromatic carbocycles. The molecule has 0 spiro atoms. The van der Waals surface area contributed by atoms with E-state index < -0.39 is 0 Å². The molecule has 0 saturated heterocycles. The largest absolute Gasteiger partial charge is 0.347 e. The summed E-state index contributed by atoms with van der Waals surface area (Å²) in [6.45, 7) is 9.72. The highest BCUT2D eigenvalue weighted by Gasteiger charge is 2.22. The number of carbonyl (C=O) groups excluding carboxylic acids is 2. The van der Waals surface area contributed by atoms with Gasteiger partial charge in [-0.05, 0) is 54.8 Å². The molecule has 7 heteroatoms. The lowest BCUT2D eigenvalue weighted by molar-refractivity contribution is 0.0920. The molecule has 1 heterocycles. The number of carbonyl (C=O) groups is 2. The minimum absolute atomic E-state index is 0.202. The summed E-state index contributed by atoms with van der Waals surface area (Å²) < 4.78 is 0.636. The summed E-state index contributed by atoms with van der Waals surface area (Å²) in [5.74, 6) is -0.424. The number of nitrogens with zero attached hydrogens (tertiary/aromatic N) is 1. The monoisotopic (exact) mass is 406 g/mol. The van der Waals surface area contributed by atoms with Crippen LogP contribution in [0, 0.1) is 0 Å². The van der Waals surface area contributed by atoms with Gasteiger partial charge in [-0.1, -0.05) is 26.0 Å². The Balaban J connectivity index is 2.26. The van der Waals surface area contributed by atoms with E-state index in [1.165, 1.54) is 0 Å². The van der Waals surface area contributed by atoms with E-state index in [0.29, 0.717) is 15.7 Å². The molecule has 0 aliphatic rings. The summed E-state index contributed by atoms with van der Waals surface area (Å²) in [5, 5.41) is 12.6. The Morgan fingerprint density at radius 1 is 1.16 bits per heavy atom. The maximum atomic E-state index is 12.6. The van der Waals surface area contributed by atoms with Crippen LogP contribution >= 0.6 is 15.9 Å². The standard InChI is InChI=1S/C18H23BrN4O2/c1-10(2)14-13(19)15(23-22-14)17(25)20-12-9-7-6-8-11(12)16(24)21-18(3,4)5/h6-10H,1-5H3,(H,20,25)(H,21,24)(H,22,23). The number of aromatic amines is 1. The van der Waals surface area contributed by atoms with Gasteiger partial charge in [-0.3, -0.25) is 14.7 Å². The van der Waals surface area contributed by atoms with Crippen molar-refractivity contribution in [1.82, 2.24) is 15.5 Å². The summed E-state index contributed by atoms with van der Waals surface area (Å²) in [6, 6.07) is 6.90. The van der Waals surface area contributed by atoms with Crippen molar-refractivity contribution in [3.63, 3.8) is 0 Å². The molecule has 0 radical (unpaired) electrons. The van der Waals surface area contributed by atoms with Gasteiger partial charge in [-0.2, -0.15) is 5.10 Å². The molecule has 0 fully saturated rings. The molecule has 2 amide bonds. The molecule has 2 rings (SSSR count). The molecule has 25 heavy (non-hydrogen) atoms. The Morgan fingerprint density at radius 3 is 2.36 bits per heavy atom. The second kappa shape index (κ2) is 7.39. The van der Waals surface area contributed by atoms with E-state index in [2.05, 4.69) is 36.8 Å². The zero-order valence-corrected chi connectivity index (χ0v) is 16.6. The lowest BCUT2D eigenvalue weighted by atomic mass is 10.1. The van der Waals surface area contributed by atoms with Crippen LogP contribution in [-0.4, -0.2) is 27.6 Å². The predicted molar refractivity (Wildman–Crippen MR) is 102 cm³/mol. The maximum absolute atomic E-state index is 12.6. The van der Waals surface area contributed by atoms with Crippen LogP contribution in [0.5, 0.6) is 0 Å². The van der Waals surface area contributed by atoms with Crippen molar-refractivity contribution in [1.29, 1.82) is 0 Å². The Bertz CT molecular complexity index is 791. The summed E-state index contributed by atoms with van der Waals surface area (Å²) >= 11 is 3.42. The van der Waals surface area contributed by atoms with Gasteiger partial charge in [0.2, 0.25) is 0 Å². The van der Waals surface area contributed by atoms with E-state index >= 15 is 0 Å². The first-order valence-corrected chi connectivity index (χ1v) is 8.86. The lowest BCUT2D eigenvalue weighted by Gasteiger charge is -2.21. The first kappa shape index (κ1) is 19.2. The second-order valence-corrected chi connectivity index (χ2v) is 7.95. The highest BCUT2D eigenvalue weighted by atomic mass is 79.9. The Kier molecular flexibility index (Phi) is 5.67. The van der Waals surface area contributed by atoms with Crippen molar-refractivity contribution in [2.75, 3.05) is 5.32 Å². The smallest absolute Gasteiger partial charge is 0.277 e. The molecule has 0 saturated carbocycles. The van der Waals surface area contributed by atoms with Crippen LogP contribution in [0.2, 0.25) is 0 Å². The molecule has 0 unspecified atom stereocenters. The number of hydrogen-bond acceptors (Lipinski definition) is 3. The number of anilines is 1. The third-order valence-corrected chi connectivity index (χ3v) is 4.24. The fraction of sp³-hybridized carbons (Fsp3) is 0.389. The minimum atomic E-state index is -0.383. The van der Waals surface area contributed by atoms with Crippen LogP contribution in [0.3, 0.4) is 0 Å². The summed E-state index contributed by atoms with van der Waals surface area (Å²) in [7, 11) is 0. The third-order valence-electron chi connectivity index (χ3n) is 3.43. The normalized spacial score (nSPS) is 11.5. The van der Waals surface area contributed by atoms with Gasteiger partial charge in [0.25, 0.3) is 11.8 Å². The average molecular weight is 407 g/mol. The zero-order chi connectivity index (χ0) is 18.8. The fourth-order valence-corrected chi connectivity index (χ4v) is 3.07. The highest BCUT2D eigenvalue weighted by molar-refractivity contribution is 9.10. The quantitative estimate of drug-likeness (QED) is 0.714. The van der Waals surface area contributed by atoms with E-state index in [-0.39, 0.29) is 29.0 Å². The summed E-state index contributed by atoms with van der Waals surface area (Å²) in [4.78, 5) is 25.0. The number of aromatic nitrogens is 2. The molecule has 3 N–H and O–H groups in total. The van der Waals surface area contributed by atoms with Crippen LogP contribution in [0.15, 0.2) is 28.7 Å². The second-order valence-electron chi connectivity index (χ2n) is 7.16. The van der Waals surface area contributed by atoms with E-state index in [1.54, 1.807) is 24.3 Å². The van der Waals surface area contributed by atoms with Crippen molar-refractivity contribution < 1.29 is 9.59 Å². The maximum Gasteiger partial charge on any atom is 0.277 e. The minimum Gasteiger partial charge on any atom is -0.347 e. The van der Waals surface area contributed by atoms with Gasteiger partial charge < -0.3 is 10.6 Å². The van der Waals surface area contributed by atoms with E-state index in [0.717, 1.165) is 5.69 Å². The van der Waals surface area contributed by atoms with Crippen LogP contribution in [0.1, 0.15) is 67.1 Å². The van der Waals surface area contributed by atoms with E-state index in [9.17, 15) is 9.59 Å². The van der Waals surface area contributed by atoms with Crippen LogP contribution < -0.4 is 10.6 Å². The van der Waals surface area contributed by atoms with Gasteiger partial charge in [0.15, 0.2) is 5.69 Å². The number of rotatable bonds is 4. The number of benzene rings is 1. The highest BCUT2D eigenvalue weighted by Crippen LogP contribution is 2.26. The van der Waals surface area contributed by atoms with Crippen LogP contribution in [-0.2, 0) is 0 Å². The average Bonchev–Trinajstić information content (AvgIpc) is 2.88. The number of H-pyrrole nitrogens is 1. The number of hydrogen-bond donors (Lipinski definition) is 3. The molecule has 0 bridgehead atoms. The molecule has 0 aliphatic heterocycles. The molecule has 0 atom stereocenters. The van der Waals surface area contributed by atoms with E-state index in [1.807, 2.05) is 34.6 Å². The van der Waals surface area contributed by atoms with E-state index in [4.69, 9.17) is 0 Å². The van der Waals surface area contributed by atoms with Gasteiger partial charge in [0.1, 0.15) is 0 Å². The predicted octanol–water partition coefficient (Wildman–Crippen LogP) is 4.08. The van der Waals surface area contributed by atoms with Gasteiger partial charge in [0.05, 0.1) is 21.4 Å². The van der Waals surface area contributed by atoms with Crippen molar-refractivity contribution in [3.05, 3.63) is 45.7 Å². The molecule has 2 aromatic rings. The number of halogens is 1. The number of nitrogens with one attached hydrogen (secondary N) is 3. The third kappa shape index (κ3) is 4.69. The van der Waals surface area contributed by atoms with Crippen LogP contribution in [0.4, 0.5) is 5.69 Å². The van der Waals surface area contributed by atoms with Crippen molar-refractivity contribution in [3.8, 4) is 0 Å². The molecular weight excluding hydrogens is 384 g/mol. The van der Waals surface area contributed by atoms with Crippen molar-refractivity contribution >= 4 is 33.4 Å². The molecule has 6 nitrogen and oxygen atoms in total. The SMILES string of the molecule is CC(C)c1[nH]nc(C(=O)Nc2ccccc2C(=O)NC(C)(C)C)c1Br. The summed E-state index contributed by atoms with van der Waals surface area (Å²) in [5.41, 5.74) is 1.58. The van der Waals surface area contributed by atoms with Gasteiger partial charge in [0, 0.05) is 5.54 Å². The Morgan fingerprint density at radius 2 is 1.80 bits per heavy atom. The lowest BCUT2D eigenvalue weighted by Crippen LogP contribution is -2.40. The van der Waals surface area contributed by atoms with Gasteiger partial charge in [-0.15, -0.1) is 0 Å². The molecule has 134 valence electrons. The van der Waals surface area contributed by atoms with Gasteiger partial charge in [-0.25, -0.2) is 0 Å². The zero-order valence-electron chi connectivity index (χ0n) is 15.0. The molecule has 1 aromatic heterocycles. The first-order chi connectivity index (χ1) is 11.6. The molecular formula is C18H23BrN4O2. The number of amides is 2. The first-order valence-electron chi connectivity index (χ1n) is 8.07. The van der Waals surface area contributed by atoms with Crippen LogP contribution in [0.25, 0.3) is 0 Å². The summed E-state index contributed by atoms with van der Waals surface area (Å²) in [6.07, 6.45) is 0. The van der Waals surface area contributed by atoms with Gasteiger partial charge >= 0.3 is 0 Å².